The molecule has 4 rings (SSSR count). The van der Waals surface area contributed by atoms with Crippen molar-refractivity contribution in [2.75, 3.05) is 13.1 Å². The number of carbonyl (C=O) groups excluding carboxylic acids is 1. The smallest absolute Gasteiger partial charge is 0.345 e. The largest absolute Gasteiger partial charge is 0.478 e. The minimum absolute atomic E-state index is 0.153. The number of halogens is 2. The van der Waals surface area contributed by atoms with Crippen LogP contribution in [0.5, 0.6) is 11.5 Å². The number of hydrogen-bond donors (Lipinski definition) is 0. The maximum Gasteiger partial charge on any atom is 0.345 e. The van der Waals surface area contributed by atoms with Gasteiger partial charge in [0.25, 0.3) is 0 Å². The summed E-state index contributed by atoms with van der Waals surface area (Å²) < 4.78 is 40.9. The number of carbonyl (C=O) groups is 1. The zero-order valence-corrected chi connectivity index (χ0v) is 13.2. The molecule has 2 aliphatic rings. The molecule has 0 saturated carbocycles. The average Bonchev–Trinajstić information content (AvgIpc) is 3.15. The van der Waals surface area contributed by atoms with Crippen molar-refractivity contribution in [2.45, 2.75) is 18.8 Å². The molecule has 1 aromatic carbocycles. The van der Waals surface area contributed by atoms with E-state index in [1.807, 2.05) is 0 Å². The lowest BCUT2D eigenvalue weighted by Crippen LogP contribution is -2.39. The quantitative estimate of drug-likeness (QED) is 0.755. The van der Waals surface area contributed by atoms with E-state index in [0.29, 0.717) is 0 Å². The van der Waals surface area contributed by atoms with Crippen LogP contribution in [-0.4, -0.2) is 50.5 Å². The first-order chi connectivity index (χ1) is 11.9. The summed E-state index contributed by atoms with van der Waals surface area (Å²) in [5.41, 5.74) is -0.408. The molecule has 0 radical (unpaired) electrons. The lowest BCUT2D eigenvalue weighted by molar-refractivity contribution is -0.131. The number of aryl methyl sites for hydroxylation is 1. The van der Waals surface area contributed by atoms with Gasteiger partial charge in [0.15, 0.2) is 23.8 Å². The molecule has 8 nitrogen and oxygen atoms in total. The van der Waals surface area contributed by atoms with E-state index in [0.717, 1.165) is 16.8 Å². The fourth-order valence-corrected chi connectivity index (χ4v) is 2.97. The number of hydrogen-bond acceptors (Lipinski definition) is 5. The van der Waals surface area contributed by atoms with Crippen LogP contribution < -0.4 is 15.2 Å². The molecule has 1 fully saturated rings. The summed E-state index contributed by atoms with van der Waals surface area (Å²) in [5, 5.41) is 3.83. The van der Waals surface area contributed by atoms with Crippen molar-refractivity contribution in [3.8, 4) is 11.5 Å². The second-order valence-electron chi connectivity index (χ2n) is 5.98. The first-order valence-corrected chi connectivity index (χ1v) is 7.61. The van der Waals surface area contributed by atoms with Gasteiger partial charge in [0.2, 0.25) is 17.4 Å². The molecule has 0 spiro atoms. The van der Waals surface area contributed by atoms with Crippen molar-refractivity contribution in [3.63, 3.8) is 0 Å². The number of amides is 1. The van der Waals surface area contributed by atoms with Crippen molar-refractivity contribution in [1.29, 1.82) is 0 Å². The molecule has 1 aromatic heterocycles. The van der Waals surface area contributed by atoms with Crippen LogP contribution in [-0.2, 0) is 18.4 Å². The molecule has 0 N–H and O–H groups in total. The van der Waals surface area contributed by atoms with Crippen molar-refractivity contribution >= 4 is 5.91 Å². The molecule has 1 saturated heterocycles. The Hall–Kier alpha value is -2.91. The zero-order chi connectivity index (χ0) is 17.7. The summed E-state index contributed by atoms with van der Waals surface area (Å²) in [4.78, 5) is 25.6. The van der Waals surface area contributed by atoms with Crippen molar-refractivity contribution in [1.82, 2.24) is 19.2 Å². The van der Waals surface area contributed by atoms with Gasteiger partial charge in [-0.15, -0.1) is 0 Å². The van der Waals surface area contributed by atoms with Gasteiger partial charge < -0.3 is 14.4 Å². The van der Waals surface area contributed by atoms with E-state index < -0.39 is 29.5 Å². The van der Waals surface area contributed by atoms with Gasteiger partial charge in [0, 0.05) is 7.05 Å². The lowest BCUT2D eigenvalue weighted by Gasteiger charge is -2.28. The first kappa shape index (κ1) is 15.6. The van der Waals surface area contributed by atoms with Crippen LogP contribution in [0.15, 0.2) is 23.3 Å². The molecule has 1 amide bonds. The molecule has 10 heteroatoms. The highest BCUT2D eigenvalue weighted by molar-refractivity contribution is 5.76. The number of rotatable bonds is 2. The first-order valence-electron chi connectivity index (χ1n) is 7.61. The Bertz CT molecular complexity index is 870. The minimum atomic E-state index is -0.723. The Labute approximate surface area is 140 Å². The predicted molar refractivity (Wildman–Crippen MR) is 79.2 cm³/mol. The molecule has 2 aromatic rings. The van der Waals surface area contributed by atoms with E-state index in [-0.39, 0.29) is 37.0 Å². The van der Waals surface area contributed by atoms with E-state index in [1.165, 1.54) is 22.8 Å². The van der Waals surface area contributed by atoms with Gasteiger partial charge in [-0.2, -0.15) is 5.10 Å². The SMILES string of the molecule is Cn1cnn(CC(=O)N2C[C@@H]3Oc4c(F)ccc(F)c4O[C@@H]3C2)c1=O. The molecule has 0 bridgehead atoms. The number of ether oxygens (including phenoxy) is 2. The molecule has 2 aliphatic heterocycles. The Morgan fingerprint density at radius 1 is 1.20 bits per heavy atom. The summed E-state index contributed by atoms with van der Waals surface area (Å²) in [6.07, 6.45) is 0.106. The van der Waals surface area contributed by atoms with Crippen LogP contribution in [0.1, 0.15) is 0 Å². The van der Waals surface area contributed by atoms with Crippen molar-refractivity contribution in [3.05, 3.63) is 40.6 Å². The Balaban J connectivity index is 1.50. The highest BCUT2D eigenvalue weighted by atomic mass is 19.1. The maximum atomic E-state index is 13.8. The van der Waals surface area contributed by atoms with E-state index in [4.69, 9.17) is 9.47 Å². The van der Waals surface area contributed by atoms with Gasteiger partial charge in [-0.1, -0.05) is 0 Å². The van der Waals surface area contributed by atoms with Crippen LogP contribution in [0.2, 0.25) is 0 Å². The van der Waals surface area contributed by atoms with Crippen LogP contribution in [0, 0.1) is 11.6 Å². The molecule has 2 atom stereocenters. The number of aromatic nitrogens is 3. The lowest BCUT2D eigenvalue weighted by atomic mass is 10.2. The number of nitrogens with zero attached hydrogens (tertiary/aromatic N) is 4. The second kappa shape index (κ2) is 5.57. The fraction of sp³-hybridized carbons (Fsp3) is 0.400. The monoisotopic (exact) mass is 352 g/mol. The van der Waals surface area contributed by atoms with E-state index in [9.17, 15) is 18.4 Å². The van der Waals surface area contributed by atoms with E-state index in [2.05, 4.69) is 5.10 Å². The van der Waals surface area contributed by atoms with E-state index in [1.54, 1.807) is 0 Å². The summed E-state index contributed by atoms with van der Waals surface area (Å²) >= 11 is 0. The third-order valence-corrected chi connectivity index (χ3v) is 4.29. The van der Waals surface area contributed by atoms with Gasteiger partial charge >= 0.3 is 5.69 Å². The van der Waals surface area contributed by atoms with Gasteiger partial charge in [0.05, 0.1) is 13.1 Å². The Morgan fingerprint density at radius 3 is 2.24 bits per heavy atom. The fourth-order valence-electron chi connectivity index (χ4n) is 2.97. The number of likely N-dealkylation sites (tertiary alicyclic amines) is 1. The van der Waals surface area contributed by atoms with E-state index >= 15 is 0 Å². The van der Waals surface area contributed by atoms with Gasteiger partial charge in [-0.05, 0) is 12.1 Å². The summed E-state index contributed by atoms with van der Waals surface area (Å²) in [5.74, 6) is -2.36. The standard InChI is InChI=1S/C15H14F2N4O4/c1-19-7-18-21(15(19)23)6-12(22)20-4-10-11(5-20)25-14-9(17)3-2-8(16)13(14)24-10/h2-3,7,10-11H,4-6H2,1H3/t10-,11+. The van der Waals surface area contributed by atoms with Gasteiger partial charge in [-0.25, -0.2) is 18.3 Å². The summed E-state index contributed by atoms with van der Waals surface area (Å²) in [6, 6.07) is 1.92. The topological polar surface area (TPSA) is 78.6 Å². The number of fused-ring (bicyclic) bond motifs is 2. The third-order valence-electron chi connectivity index (χ3n) is 4.29. The highest BCUT2D eigenvalue weighted by Crippen LogP contribution is 2.40. The average molecular weight is 352 g/mol. The summed E-state index contributed by atoms with van der Waals surface area (Å²) in [6.45, 7) is 0.0791. The third kappa shape index (κ3) is 2.53. The number of benzene rings is 1. The minimum Gasteiger partial charge on any atom is -0.478 e. The molecule has 0 unspecified atom stereocenters. The predicted octanol–water partition coefficient (Wildman–Crippen LogP) is -0.0892. The van der Waals surface area contributed by atoms with Gasteiger partial charge in [-0.3, -0.25) is 9.36 Å². The molecule has 25 heavy (non-hydrogen) atoms. The zero-order valence-electron chi connectivity index (χ0n) is 13.2. The second-order valence-corrected chi connectivity index (χ2v) is 5.98. The molecular formula is C15H14F2N4O4. The van der Waals surface area contributed by atoms with Gasteiger partial charge in [0.1, 0.15) is 12.9 Å². The molecule has 0 aliphatic carbocycles. The Morgan fingerprint density at radius 2 is 1.76 bits per heavy atom. The van der Waals surface area contributed by atoms with Crippen LogP contribution in [0.3, 0.4) is 0 Å². The normalized spacial score (nSPS) is 21.3. The highest BCUT2D eigenvalue weighted by Gasteiger charge is 2.43. The van der Waals surface area contributed by atoms with Crippen molar-refractivity contribution < 1.29 is 23.0 Å². The van der Waals surface area contributed by atoms with Crippen LogP contribution in [0.4, 0.5) is 8.78 Å². The van der Waals surface area contributed by atoms with Crippen molar-refractivity contribution in [2.24, 2.45) is 7.05 Å². The van der Waals surface area contributed by atoms with Crippen LogP contribution in [0.25, 0.3) is 0 Å². The molecular weight excluding hydrogens is 338 g/mol. The molecule has 3 heterocycles. The van der Waals surface area contributed by atoms with Crippen LogP contribution >= 0.6 is 0 Å². The Kier molecular flexibility index (Phi) is 3.48. The summed E-state index contributed by atoms with van der Waals surface area (Å²) in [7, 11) is 1.53. The maximum absolute atomic E-state index is 13.8. The molecule has 132 valence electrons.